The van der Waals surface area contributed by atoms with Crippen LogP contribution < -0.4 is 0 Å². The second-order valence-corrected chi connectivity index (χ2v) is 5.99. The van der Waals surface area contributed by atoms with E-state index in [4.69, 9.17) is 19.3 Å². The zero-order valence-electron chi connectivity index (χ0n) is 13.2. The molecule has 14 heteroatoms. The summed E-state index contributed by atoms with van der Waals surface area (Å²) in [4.78, 5) is 9.62. The fourth-order valence-corrected chi connectivity index (χ4v) is 2.78. The molecule has 152 valence electrons. The molecule has 0 aromatic carbocycles. The van der Waals surface area contributed by atoms with Crippen molar-refractivity contribution in [2.24, 2.45) is 0 Å². The Kier molecular flexibility index (Phi) is 6.47. The third-order valence-electron chi connectivity index (χ3n) is 4.39. The second kappa shape index (κ2) is 7.91. The van der Waals surface area contributed by atoms with E-state index in [0.717, 1.165) is 0 Å². The summed E-state index contributed by atoms with van der Waals surface area (Å²) in [5, 5.41) is 88.4. The maximum Gasteiger partial charge on any atom is 0.401 e. The van der Waals surface area contributed by atoms with Gasteiger partial charge in [-0.15, -0.1) is 0 Å². The summed E-state index contributed by atoms with van der Waals surface area (Å²) in [7, 11) is 0. The van der Waals surface area contributed by atoms with Crippen molar-refractivity contribution in [1.29, 1.82) is 0 Å². The average Bonchev–Trinajstić information content (AvgIpc) is 2.61. The highest BCUT2D eigenvalue weighted by Crippen LogP contribution is 2.33. The van der Waals surface area contributed by atoms with Crippen LogP contribution in [0, 0.1) is 10.1 Å². The van der Waals surface area contributed by atoms with Crippen molar-refractivity contribution < 1.29 is 60.0 Å². The van der Waals surface area contributed by atoms with Crippen molar-refractivity contribution in [3.8, 4) is 0 Å². The molecule has 0 aromatic rings. The summed E-state index contributed by atoms with van der Waals surface area (Å²) in [6.07, 6.45) is -17.0. The first-order valence-electron chi connectivity index (χ1n) is 7.54. The van der Waals surface area contributed by atoms with Gasteiger partial charge in [-0.2, -0.15) is 0 Å². The van der Waals surface area contributed by atoms with Crippen LogP contribution in [0.15, 0.2) is 0 Å². The molecule has 0 saturated carbocycles. The minimum absolute atomic E-state index is 0.782. The zero-order chi connectivity index (χ0) is 19.8. The highest BCUT2D eigenvalue weighted by molar-refractivity contribution is 4.96. The Morgan fingerprint density at radius 3 is 2.04 bits per heavy atom. The molecule has 0 radical (unpaired) electrons. The van der Waals surface area contributed by atoms with E-state index in [-0.39, 0.29) is 0 Å². The molecule has 2 heterocycles. The Bertz CT molecular complexity index is 506. The zero-order valence-corrected chi connectivity index (χ0v) is 13.2. The lowest BCUT2D eigenvalue weighted by Crippen LogP contribution is -2.71. The van der Waals surface area contributed by atoms with Gasteiger partial charge in [-0.3, -0.25) is 10.1 Å². The van der Waals surface area contributed by atoms with E-state index >= 15 is 0 Å². The molecule has 0 bridgehead atoms. The third kappa shape index (κ3) is 3.41. The van der Waals surface area contributed by atoms with E-state index in [0.29, 0.717) is 0 Å². The highest BCUT2D eigenvalue weighted by Gasteiger charge is 2.65. The van der Waals surface area contributed by atoms with Gasteiger partial charge < -0.3 is 55.1 Å². The fraction of sp³-hybridized carbons (Fsp3) is 1.00. The van der Waals surface area contributed by atoms with Crippen LogP contribution in [0.5, 0.6) is 0 Å². The molecule has 0 amide bonds. The molecular weight excluding hydrogens is 366 g/mol. The van der Waals surface area contributed by atoms with E-state index in [1.807, 2.05) is 0 Å². The lowest BCUT2D eigenvalue weighted by Gasteiger charge is -2.45. The van der Waals surface area contributed by atoms with Crippen molar-refractivity contribution >= 4 is 0 Å². The number of hydrogen-bond donors (Lipinski definition) is 8. The first kappa shape index (κ1) is 21.3. The normalized spacial score (nSPS) is 49.8. The monoisotopic (exact) mass is 387 g/mol. The Morgan fingerprint density at radius 2 is 1.54 bits per heavy atom. The molecule has 2 rings (SSSR count). The van der Waals surface area contributed by atoms with Gasteiger partial charge in [-0.1, -0.05) is 0 Å². The average molecular weight is 387 g/mol. The topological polar surface area (TPSA) is 233 Å². The Morgan fingerprint density at radius 1 is 0.962 bits per heavy atom. The van der Waals surface area contributed by atoms with Crippen molar-refractivity contribution in [2.75, 3.05) is 13.2 Å². The molecule has 0 aliphatic carbocycles. The fourth-order valence-electron chi connectivity index (χ4n) is 2.78. The Hall–Kier alpha value is -1.04. The number of nitrogens with zero attached hydrogens (tertiary/aromatic N) is 1. The van der Waals surface area contributed by atoms with Gasteiger partial charge in [0.05, 0.1) is 18.1 Å². The number of hydrogen-bond acceptors (Lipinski definition) is 13. The van der Waals surface area contributed by atoms with Crippen LogP contribution in [0.1, 0.15) is 0 Å². The molecule has 10 atom stereocenters. The van der Waals surface area contributed by atoms with Crippen molar-refractivity contribution in [3.63, 3.8) is 0 Å². The summed E-state index contributed by atoms with van der Waals surface area (Å²) >= 11 is 0. The summed E-state index contributed by atoms with van der Waals surface area (Å²) in [6.45, 7) is -1.69. The minimum Gasteiger partial charge on any atom is -0.394 e. The van der Waals surface area contributed by atoms with Crippen LogP contribution in [0.2, 0.25) is 0 Å². The van der Waals surface area contributed by atoms with Crippen LogP contribution in [0.4, 0.5) is 0 Å². The number of ether oxygens (including phenoxy) is 3. The van der Waals surface area contributed by atoms with Gasteiger partial charge in [-0.05, 0) is 0 Å². The van der Waals surface area contributed by atoms with Gasteiger partial charge >= 0.3 is 5.72 Å². The molecular formula is C12H21NO13. The lowest BCUT2D eigenvalue weighted by atomic mass is 9.93. The number of aliphatic hydroxyl groups is 8. The van der Waals surface area contributed by atoms with Crippen LogP contribution in [0.25, 0.3) is 0 Å². The van der Waals surface area contributed by atoms with Gasteiger partial charge in [0.2, 0.25) is 0 Å². The molecule has 2 fully saturated rings. The smallest absolute Gasteiger partial charge is 0.394 e. The number of aliphatic hydroxyl groups excluding tert-OH is 7. The summed E-state index contributed by atoms with van der Waals surface area (Å²) in [6, 6.07) is 0. The van der Waals surface area contributed by atoms with Crippen molar-refractivity contribution in [1.82, 2.24) is 0 Å². The molecule has 2 aliphatic rings. The van der Waals surface area contributed by atoms with Gasteiger partial charge in [0.25, 0.3) is 6.29 Å². The standard InChI is InChI=1S/C12H21NO13/c14-1-3-5(16)6(17)7(18)10(24-3)26-8-4(2-15)25-11(20)12(21,9(8)19)13(22)23/h3-11,14-21H,1-2H2/t3-,4-,5+,6+,7-,8-,9-,10+,11?,12-/m1/s1. The predicted octanol–water partition coefficient (Wildman–Crippen LogP) is -5.79. The van der Waals surface area contributed by atoms with Gasteiger partial charge in [0.15, 0.2) is 12.4 Å². The Labute approximate surface area is 145 Å². The van der Waals surface area contributed by atoms with Gasteiger partial charge in [0.1, 0.15) is 36.6 Å². The maximum atomic E-state index is 11.0. The van der Waals surface area contributed by atoms with Gasteiger partial charge in [-0.25, -0.2) is 0 Å². The molecule has 2 aliphatic heterocycles. The van der Waals surface area contributed by atoms with E-state index < -0.39 is 79.2 Å². The minimum atomic E-state index is -3.41. The SMILES string of the molecule is O=[N+]([O-])[C@]1(O)C(O)O[C@H](CO)[C@@H](O[C@@H]2O[C@H](CO)[C@H](O)[C@H](O)[C@H]2O)[C@H]1O. The van der Waals surface area contributed by atoms with E-state index in [9.17, 15) is 45.9 Å². The Balaban J connectivity index is 2.25. The largest absolute Gasteiger partial charge is 0.401 e. The second-order valence-electron chi connectivity index (χ2n) is 5.99. The van der Waals surface area contributed by atoms with Crippen molar-refractivity contribution in [3.05, 3.63) is 10.1 Å². The molecule has 2 saturated heterocycles. The van der Waals surface area contributed by atoms with Crippen LogP contribution in [0.3, 0.4) is 0 Å². The summed E-state index contributed by atoms with van der Waals surface area (Å²) < 4.78 is 14.9. The first-order chi connectivity index (χ1) is 12.1. The third-order valence-corrected chi connectivity index (χ3v) is 4.39. The summed E-state index contributed by atoms with van der Waals surface area (Å²) in [5.41, 5.74) is -3.41. The van der Waals surface area contributed by atoms with E-state index in [2.05, 4.69) is 0 Å². The van der Waals surface area contributed by atoms with Crippen LogP contribution >= 0.6 is 0 Å². The summed E-state index contributed by atoms with van der Waals surface area (Å²) in [5.74, 6) is 0. The molecule has 0 aromatic heterocycles. The molecule has 14 nitrogen and oxygen atoms in total. The molecule has 26 heavy (non-hydrogen) atoms. The van der Waals surface area contributed by atoms with Crippen LogP contribution in [-0.4, -0.2) is 120 Å². The number of rotatable bonds is 5. The molecule has 8 N–H and O–H groups in total. The van der Waals surface area contributed by atoms with Gasteiger partial charge in [0, 0.05) is 0 Å². The van der Waals surface area contributed by atoms with Crippen LogP contribution in [-0.2, 0) is 14.2 Å². The predicted molar refractivity (Wildman–Crippen MR) is 74.6 cm³/mol. The highest BCUT2D eigenvalue weighted by atomic mass is 16.7. The first-order valence-corrected chi connectivity index (χ1v) is 7.54. The van der Waals surface area contributed by atoms with Crippen molar-refractivity contribution in [2.45, 2.75) is 61.0 Å². The number of nitro groups is 1. The quantitative estimate of drug-likeness (QED) is 0.125. The molecule has 1 unspecified atom stereocenters. The molecule has 0 spiro atoms. The van der Waals surface area contributed by atoms with E-state index in [1.54, 1.807) is 0 Å². The lowest BCUT2D eigenvalue weighted by molar-refractivity contribution is -0.676. The van der Waals surface area contributed by atoms with E-state index in [1.165, 1.54) is 0 Å². The maximum absolute atomic E-state index is 11.0.